The third-order valence-corrected chi connectivity index (χ3v) is 4.46. The number of hydrogen-bond acceptors (Lipinski definition) is 3. The Morgan fingerprint density at radius 1 is 1.53 bits per heavy atom. The van der Waals surface area contributed by atoms with E-state index in [-0.39, 0.29) is 5.54 Å². The maximum atomic E-state index is 8.88. The van der Waals surface area contributed by atoms with E-state index in [1.165, 1.54) is 6.42 Å². The lowest BCUT2D eigenvalue weighted by molar-refractivity contribution is 0.390. The lowest BCUT2D eigenvalue weighted by Crippen LogP contribution is -2.48. The summed E-state index contributed by atoms with van der Waals surface area (Å²) in [6.07, 6.45) is 2.29. The first kappa shape index (κ1) is 14.0. The maximum Gasteiger partial charge on any atom is 0.157 e. The number of aliphatic imine (C=N–C) groups is 1. The average Bonchev–Trinajstić information content (AvgIpc) is 2.45. The van der Waals surface area contributed by atoms with E-state index >= 15 is 0 Å². The molecule has 1 atom stereocenters. The predicted octanol–water partition coefficient (Wildman–Crippen LogP) is 3.31. The molecule has 4 heteroatoms. The number of thioether (sulfide) groups is 1. The van der Waals surface area contributed by atoms with Gasteiger partial charge in [0.15, 0.2) is 5.17 Å². The number of nitrogens with one attached hydrogen (secondary N) is 1. The Bertz CT molecular complexity index is 518. The molecule has 0 radical (unpaired) electrons. The molecule has 1 aliphatic heterocycles. The van der Waals surface area contributed by atoms with Gasteiger partial charge in [-0.05, 0) is 37.5 Å². The predicted molar refractivity (Wildman–Crippen MR) is 81.2 cm³/mol. The fourth-order valence-corrected chi connectivity index (χ4v) is 3.20. The molecule has 0 saturated carbocycles. The Balaban J connectivity index is 2.04. The monoisotopic (exact) mass is 273 g/mol. The Kier molecular flexibility index (Phi) is 4.49. The van der Waals surface area contributed by atoms with Crippen molar-refractivity contribution in [1.82, 2.24) is 5.32 Å². The van der Waals surface area contributed by atoms with Crippen molar-refractivity contribution in [2.45, 2.75) is 38.8 Å². The van der Waals surface area contributed by atoms with Gasteiger partial charge in [-0.2, -0.15) is 5.26 Å². The molecule has 1 unspecified atom stereocenters. The minimum Gasteiger partial charge on any atom is -0.360 e. The zero-order chi connectivity index (χ0) is 13.7. The molecular weight excluding hydrogens is 254 g/mol. The van der Waals surface area contributed by atoms with E-state index in [9.17, 15) is 0 Å². The largest absolute Gasteiger partial charge is 0.360 e. The second kappa shape index (κ2) is 6.12. The van der Waals surface area contributed by atoms with Gasteiger partial charge in [-0.3, -0.25) is 4.99 Å². The number of rotatable bonds is 3. The van der Waals surface area contributed by atoms with E-state index in [2.05, 4.69) is 30.2 Å². The van der Waals surface area contributed by atoms with E-state index in [0.29, 0.717) is 12.1 Å². The third kappa shape index (κ3) is 3.74. The van der Waals surface area contributed by atoms with Gasteiger partial charge < -0.3 is 5.32 Å². The maximum absolute atomic E-state index is 8.88. The van der Waals surface area contributed by atoms with Crippen LogP contribution in [0.5, 0.6) is 0 Å². The summed E-state index contributed by atoms with van der Waals surface area (Å²) in [5, 5.41) is 13.4. The molecule has 2 rings (SSSR count). The van der Waals surface area contributed by atoms with Crippen molar-refractivity contribution in [3.8, 4) is 6.07 Å². The second-order valence-electron chi connectivity index (χ2n) is 5.07. The van der Waals surface area contributed by atoms with Crippen molar-refractivity contribution in [2.24, 2.45) is 4.99 Å². The molecule has 1 heterocycles. The molecule has 1 aromatic carbocycles. The summed E-state index contributed by atoms with van der Waals surface area (Å²) in [7, 11) is 0. The number of nitrogens with zero attached hydrogens (tertiary/aromatic N) is 2. The minimum absolute atomic E-state index is 0.179. The zero-order valence-electron chi connectivity index (χ0n) is 11.4. The highest BCUT2D eigenvalue weighted by molar-refractivity contribution is 8.13. The van der Waals surface area contributed by atoms with Crippen LogP contribution >= 0.6 is 11.8 Å². The lowest BCUT2D eigenvalue weighted by Gasteiger charge is -2.35. The first-order valence-electron chi connectivity index (χ1n) is 6.60. The highest BCUT2D eigenvalue weighted by Crippen LogP contribution is 2.25. The van der Waals surface area contributed by atoms with Crippen molar-refractivity contribution < 1.29 is 0 Å². The summed E-state index contributed by atoms with van der Waals surface area (Å²) >= 11 is 1.78. The molecule has 1 N–H and O–H groups in total. The summed E-state index contributed by atoms with van der Waals surface area (Å²) < 4.78 is 0. The molecule has 0 bridgehead atoms. The SMILES string of the molecule is CCC1(C)CCSC(=NCc2cccc(C#N)c2)N1. The van der Waals surface area contributed by atoms with Gasteiger partial charge >= 0.3 is 0 Å². The van der Waals surface area contributed by atoms with E-state index in [4.69, 9.17) is 5.26 Å². The number of amidine groups is 1. The Morgan fingerprint density at radius 3 is 3.11 bits per heavy atom. The van der Waals surface area contributed by atoms with Crippen LogP contribution < -0.4 is 5.32 Å². The lowest BCUT2D eigenvalue weighted by atomic mass is 9.96. The number of nitriles is 1. The molecular formula is C15H19N3S. The number of benzene rings is 1. The van der Waals surface area contributed by atoms with Gasteiger partial charge in [0.05, 0.1) is 18.2 Å². The molecule has 1 fully saturated rings. The molecule has 0 aromatic heterocycles. The molecule has 3 nitrogen and oxygen atoms in total. The summed E-state index contributed by atoms with van der Waals surface area (Å²) in [5.41, 5.74) is 1.96. The van der Waals surface area contributed by atoms with Crippen LogP contribution in [0.15, 0.2) is 29.3 Å². The summed E-state index contributed by atoms with van der Waals surface area (Å²) in [4.78, 5) is 4.63. The Morgan fingerprint density at radius 2 is 2.37 bits per heavy atom. The van der Waals surface area contributed by atoms with Gasteiger partial charge in [0.25, 0.3) is 0 Å². The van der Waals surface area contributed by atoms with Crippen molar-refractivity contribution >= 4 is 16.9 Å². The van der Waals surface area contributed by atoms with Crippen LogP contribution in [-0.4, -0.2) is 16.5 Å². The molecule has 1 aromatic rings. The number of hydrogen-bond donors (Lipinski definition) is 1. The van der Waals surface area contributed by atoms with Gasteiger partial charge in [0.2, 0.25) is 0 Å². The second-order valence-corrected chi connectivity index (χ2v) is 6.15. The highest BCUT2D eigenvalue weighted by Gasteiger charge is 2.27. The molecule has 1 aliphatic rings. The first-order chi connectivity index (χ1) is 9.15. The average molecular weight is 273 g/mol. The summed E-state index contributed by atoms with van der Waals surface area (Å²) in [6.45, 7) is 5.08. The van der Waals surface area contributed by atoms with E-state index in [0.717, 1.165) is 22.9 Å². The molecule has 19 heavy (non-hydrogen) atoms. The van der Waals surface area contributed by atoms with Crippen LogP contribution in [0, 0.1) is 11.3 Å². The van der Waals surface area contributed by atoms with Crippen LogP contribution in [0.25, 0.3) is 0 Å². The normalized spacial score (nSPS) is 24.8. The van der Waals surface area contributed by atoms with Crippen molar-refractivity contribution in [3.05, 3.63) is 35.4 Å². The van der Waals surface area contributed by atoms with Crippen LogP contribution in [-0.2, 0) is 6.54 Å². The standard InChI is InChI=1S/C15H19N3S/c1-3-15(2)7-8-19-14(18-15)17-11-13-6-4-5-12(9-13)10-16/h4-6,9H,3,7-8,11H2,1-2H3,(H,17,18). The van der Waals surface area contributed by atoms with Crippen molar-refractivity contribution in [3.63, 3.8) is 0 Å². The van der Waals surface area contributed by atoms with E-state index in [1.54, 1.807) is 11.8 Å². The van der Waals surface area contributed by atoms with E-state index in [1.807, 2.05) is 24.3 Å². The highest BCUT2D eigenvalue weighted by atomic mass is 32.2. The topological polar surface area (TPSA) is 48.2 Å². The van der Waals surface area contributed by atoms with Crippen LogP contribution in [0.2, 0.25) is 0 Å². The summed E-state index contributed by atoms with van der Waals surface area (Å²) in [6, 6.07) is 9.80. The molecule has 0 spiro atoms. The fourth-order valence-electron chi connectivity index (χ4n) is 1.98. The van der Waals surface area contributed by atoms with Crippen LogP contribution in [0.4, 0.5) is 0 Å². The Hall–Kier alpha value is -1.47. The molecule has 1 saturated heterocycles. The Labute approximate surface area is 119 Å². The van der Waals surface area contributed by atoms with Gasteiger partial charge in [-0.25, -0.2) is 0 Å². The third-order valence-electron chi connectivity index (χ3n) is 3.54. The smallest absolute Gasteiger partial charge is 0.157 e. The molecule has 0 amide bonds. The van der Waals surface area contributed by atoms with E-state index < -0.39 is 0 Å². The van der Waals surface area contributed by atoms with Crippen molar-refractivity contribution in [1.29, 1.82) is 5.26 Å². The zero-order valence-corrected chi connectivity index (χ0v) is 12.3. The van der Waals surface area contributed by atoms with Gasteiger partial charge in [-0.1, -0.05) is 30.8 Å². The van der Waals surface area contributed by atoms with Gasteiger partial charge in [-0.15, -0.1) is 0 Å². The minimum atomic E-state index is 0.179. The van der Waals surface area contributed by atoms with Crippen molar-refractivity contribution in [2.75, 3.05) is 5.75 Å². The van der Waals surface area contributed by atoms with Gasteiger partial charge in [0, 0.05) is 11.3 Å². The fraction of sp³-hybridized carbons (Fsp3) is 0.467. The first-order valence-corrected chi connectivity index (χ1v) is 7.58. The summed E-state index contributed by atoms with van der Waals surface area (Å²) in [5.74, 6) is 1.12. The van der Waals surface area contributed by atoms with Gasteiger partial charge in [0.1, 0.15) is 0 Å². The quantitative estimate of drug-likeness (QED) is 0.919. The van der Waals surface area contributed by atoms with Crippen LogP contribution in [0.1, 0.15) is 37.8 Å². The van der Waals surface area contributed by atoms with Crippen LogP contribution in [0.3, 0.4) is 0 Å². The molecule has 100 valence electrons. The molecule has 0 aliphatic carbocycles.